The molecule has 6 nitrogen and oxygen atoms in total. The number of carbonyl (C=O) groups excluding carboxylic acids is 2. The highest BCUT2D eigenvalue weighted by molar-refractivity contribution is 7.71. The van der Waals surface area contributed by atoms with E-state index in [-0.39, 0.29) is 16.6 Å². The lowest BCUT2D eigenvalue weighted by molar-refractivity contribution is -0.121. The van der Waals surface area contributed by atoms with Gasteiger partial charge in [0, 0.05) is 18.4 Å². The summed E-state index contributed by atoms with van der Waals surface area (Å²) in [7, 11) is 0. The van der Waals surface area contributed by atoms with Crippen molar-refractivity contribution in [1.82, 2.24) is 14.9 Å². The number of carbonyl (C=O) groups is 2. The fourth-order valence-corrected chi connectivity index (χ4v) is 3.21. The molecule has 25 heavy (non-hydrogen) atoms. The van der Waals surface area contributed by atoms with Crippen LogP contribution in [0, 0.1) is 10.7 Å². The largest absolute Gasteiger partial charge is 0.359 e. The van der Waals surface area contributed by atoms with E-state index in [1.165, 1.54) is 4.57 Å². The monoisotopic (exact) mass is 358 g/mol. The van der Waals surface area contributed by atoms with E-state index in [1.54, 1.807) is 0 Å². The number of benzene rings is 1. The number of nitrogens with zero attached hydrogens (tertiary/aromatic N) is 2. The SMILES string of the molecule is CC(C)CCNC(=O)CCC1Nc2c3ccccc3nc(=S)n2C1=O. The molecule has 132 valence electrons. The van der Waals surface area contributed by atoms with Gasteiger partial charge in [-0.05, 0) is 43.1 Å². The lowest BCUT2D eigenvalue weighted by Crippen LogP contribution is -2.30. The van der Waals surface area contributed by atoms with E-state index in [1.807, 2.05) is 24.3 Å². The molecule has 0 bridgehead atoms. The summed E-state index contributed by atoms with van der Waals surface area (Å²) in [6.07, 6.45) is 1.68. The molecule has 7 heteroatoms. The standard InChI is InChI=1S/C18H22N4O2S/c1-11(2)9-10-19-15(23)8-7-14-17(24)22-16(20-14)12-5-3-4-6-13(12)21-18(22)25/h3-6,11,14,20H,7-10H2,1-2H3,(H,19,23). The first-order valence-corrected chi connectivity index (χ1v) is 8.97. The number of hydrogen-bond acceptors (Lipinski definition) is 5. The fourth-order valence-electron chi connectivity index (χ4n) is 2.93. The highest BCUT2D eigenvalue weighted by Gasteiger charge is 2.31. The molecule has 1 aliphatic rings. The van der Waals surface area contributed by atoms with Gasteiger partial charge in [-0.25, -0.2) is 9.55 Å². The molecular formula is C18H22N4O2S. The van der Waals surface area contributed by atoms with Crippen LogP contribution in [0.5, 0.6) is 0 Å². The molecule has 0 radical (unpaired) electrons. The van der Waals surface area contributed by atoms with Gasteiger partial charge in [0.1, 0.15) is 11.9 Å². The summed E-state index contributed by atoms with van der Waals surface area (Å²) in [5.41, 5.74) is 0.756. The average Bonchev–Trinajstić information content (AvgIpc) is 2.90. The summed E-state index contributed by atoms with van der Waals surface area (Å²) in [5, 5.41) is 6.98. The molecular weight excluding hydrogens is 336 g/mol. The molecule has 1 atom stereocenters. The molecule has 1 aromatic heterocycles. The predicted octanol–water partition coefficient (Wildman–Crippen LogP) is 3.14. The number of rotatable bonds is 6. The minimum absolute atomic E-state index is 0.0298. The Kier molecular flexibility index (Phi) is 5.13. The summed E-state index contributed by atoms with van der Waals surface area (Å²) in [6.45, 7) is 4.90. The molecule has 3 rings (SSSR count). The van der Waals surface area contributed by atoms with Crippen molar-refractivity contribution >= 4 is 40.8 Å². The summed E-state index contributed by atoms with van der Waals surface area (Å²) in [4.78, 5) is 28.9. The van der Waals surface area contributed by atoms with Crippen molar-refractivity contribution in [3.63, 3.8) is 0 Å². The normalized spacial score (nSPS) is 16.1. The van der Waals surface area contributed by atoms with E-state index in [0.29, 0.717) is 31.1 Å². The molecule has 0 aliphatic carbocycles. The Hall–Kier alpha value is -2.28. The number of nitrogens with one attached hydrogen (secondary N) is 2. The van der Waals surface area contributed by atoms with Crippen LogP contribution in [0.1, 0.15) is 37.9 Å². The van der Waals surface area contributed by atoms with Gasteiger partial charge in [0.05, 0.1) is 5.52 Å². The fraction of sp³-hybridized carbons (Fsp3) is 0.444. The maximum absolute atomic E-state index is 12.6. The quantitative estimate of drug-likeness (QED) is 0.776. The maximum atomic E-state index is 12.6. The van der Waals surface area contributed by atoms with Crippen molar-refractivity contribution in [3.05, 3.63) is 29.0 Å². The predicted molar refractivity (Wildman–Crippen MR) is 100 cm³/mol. The minimum atomic E-state index is -0.454. The van der Waals surface area contributed by atoms with Crippen LogP contribution in [0.3, 0.4) is 0 Å². The van der Waals surface area contributed by atoms with Gasteiger partial charge >= 0.3 is 0 Å². The van der Waals surface area contributed by atoms with Crippen molar-refractivity contribution in [2.45, 2.75) is 39.2 Å². The van der Waals surface area contributed by atoms with Crippen molar-refractivity contribution < 1.29 is 9.59 Å². The molecule has 1 aliphatic heterocycles. The number of para-hydroxylation sites is 1. The van der Waals surface area contributed by atoms with Gasteiger partial charge in [0.15, 0.2) is 0 Å². The van der Waals surface area contributed by atoms with Crippen LogP contribution in [-0.2, 0) is 4.79 Å². The molecule has 0 saturated carbocycles. The Morgan fingerprint density at radius 2 is 2.16 bits per heavy atom. The number of hydrogen-bond donors (Lipinski definition) is 2. The van der Waals surface area contributed by atoms with E-state index in [2.05, 4.69) is 29.5 Å². The summed E-state index contributed by atoms with van der Waals surface area (Å²) < 4.78 is 1.69. The molecule has 0 spiro atoms. The highest BCUT2D eigenvalue weighted by Crippen LogP contribution is 2.28. The third-order valence-electron chi connectivity index (χ3n) is 4.32. The number of fused-ring (bicyclic) bond motifs is 3. The van der Waals surface area contributed by atoms with Gasteiger partial charge in [0.25, 0.3) is 5.91 Å². The van der Waals surface area contributed by atoms with Gasteiger partial charge in [-0.3, -0.25) is 9.59 Å². The summed E-state index contributed by atoms with van der Waals surface area (Å²) >= 11 is 5.27. The first-order valence-electron chi connectivity index (χ1n) is 8.56. The van der Waals surface area contributed by atoms with Crippen molar-refractivity contribution in [2.75, 3.05) is 11.9 Å². The topological polar surface area (TPSA) is 76.0 Å². The zero-order chi connectivity index (χ0) is 18.0. The van der Waals surface area contributed by atoms with Crippen LogP contribution in [-0.4, -0.2) is 34.0 Å². The second-order valence-corrected chi connectivity index (χ2v) is 7.07. The average molecular weight is 358 g/mol. The van der Waals surface area contributed by atoms with Crippen LogP contribution in [0.15, 0.2) is 24.3 Å². The lowest BCUT2D eigenvalue weighted by atomic mass is 10.1. The van der Waals surface area contributed by atoms with E-state index in [4.69, 9.17) is 12.2 Å². The van der Waals surface area contributed by atoms with E-state index >= 15 is 0 Å². The molecule has 1 unspecified atom stereocenters. The number of aromatic nitrogens is 2. The summed E-state index contributed by atoms with van der Waals surface area (Å²) in [6, 6.07) is 7.11. The Balaban J connectivity index is 1.69. The lowest BCUT2D eigenvalue weighted by Gasteiger charge is -2.10. The highest BCUT2D eigenvalue weighted by atomic mass is 32.1. The Labute approximate surface area is 151 Å². The molecule has 2 aromatic rings. The Morgan fingerprint density at radius 3 is 2.92 bits per heavy atom. The minimum Gasteiger partial charge on any atom is -0.359 e. The number of anilines is 1. The van der Waals surface area contributed by atoms with Gasteiger partial charge in [-0.15, -0.1) is 0 Å². The van der Waals surface area contributed by atoms with Crippen molar-refractivity contribution in [1.29, 1.82) is 0 Å². The van der Waals surface area contributed by atoms with Crippen LogP contribution in [0.4, 0.5) is 5.82 Å². The third-order valence-corrected chi connectivity index (χ3v) is 4.60. The van der Waals surface area contributed by atoms with Crippen LogP contribution >= 0.6 is 12.2 Å². The Morgan fingerprint density at radius 1 is 1.40 bits per heavy atom. The molecule has 1 amide bonds. The maximum Gasteiger partial charge on any atom is 0.257 e. The molecule has 0 fully saturated rings. The third kappa shape index (κ3) is 3.71. The zero-order valence-electron chi connectivity index (χ0n) is 14.4. The van der Waals surface area contributed by atoms with E-state index in [9.17, 15) is 9.59 Å². The van der Waals surface area contributed by atoms with Gasteiger partial charge in [-0.1, -0.05) is 26.0 Å². The van der Waals surface area contributed by atoms with E-state index < -0.39 is 6.04 Å². The van der Waals surface area contributed by atoms with Gasteiger partial charge in [-0.2, -0.15) is 0 Å². The van der Waals surface area contributed by atoms with Crippen LogP contribution < -0.4 is 10.6 Å². The molecule has 2 N–H and O–H groups in total. The molecule has 2 heterocycles. The van der Waals surface area contributed by atoms with E-state index in [0.717, 1.165) is 17.3 Å². The van der Waals surface area contributed by atoms with Crippen LogP contribution in [0.25, 0.3) is 10.9 Å². The smallest absolute Gasteiger partial charge is 0.257 e. The van der Waals surface area contributed by atoms with Crippen LogP contribution in [0.2, 0.25) is 0 Å². The molecule has 0 saturated heterocycles. The first kappa shape index (κ1) is 17.5. The molecule has 1 aromatic carbocycles. The summed E-state index contributed by atoms with van der Waals surface area (Å²) in [5.74, 6) is 1.05. The number of amides is 1. The second-order valence-electron chi connectivity index (χ2n) is 6.70. The first-order chi connectivity index (χ1) is 12.0. The van der Waals surface area contributed by atoms with Crippen molar-refractivity contribution in [3.8, 4) is 0 Å². The van der Waals surface area contributed by atoms with Crippen molar-refractivity contribution in [2.24, 2.45) is 5.92 Å². The van der Waals surface area contributed by atoms with Gasteiger partial charge < -0.3 is 10.6 Å². The Bertz CT molecular complexity index is 875. The second kappa shape index (κ2) is 7.31. The zero-order valence-corrected chi connectivity index (χ0v) is 15.2. The van der Waals surface area contributed by atoms with Gasteiger partial charge in [0.2, 0.25) is 10.7 Å².